The third-order valence-corrected chi connectivity index (χ3v) is 5.36. The third kappa shape index (κ3) is 3.96. The van der Waals surface area contributed by atoms with Crippen molar-refractivity contribution in [2.24, 2.45) is 0 Å². The van der Waals surface area contributed by atoms with Gasteiger partial charge in [-0.2, -0.15) is 0 Å². The van der Waals surface area contributed by atoms with Gasteiger partial charge in [0.1, 0.15) is 0 Å². The molecule has 0 radical (unpaired) electrons. The fraction of sp³-hybridized carbons (Fsp3) is 0.261. The van der Waals surface area contributed by atoms with E-state index >= 15 is 0 Å². The lowest BCUT2D eigenvalue weighted by molar-refractivity contribution is -0.139. The molecule has 0 aromatic heterocycles. The van der Waals surface area contributed by atoms with Crippen molar-refractivity contribution in [2.45, 2.75) is 19.9 Å². The number of urea groups is 1. The van der Waals surface area contributed by atoms with E-state index in [4.69, 9.17) is 14.2 Å². The predicted molar refractivity (Wildman–Crippen MR) is 115 cm³/mol. The number of fused-ring (bicyclic) bond motifs is 1. The summed E-state index contributed by atoms with van der Waals surface area (Å²) >= 11 is 0. The number of allylic oxidation sites excluding steroid dienone is 1. The number of esters is 1. The van der Waals surface area contributed by atoms with Gasteiger partial charge in [-0.05, 0) is 49.7 Å². The predicted octanol–water partition coefficient (Wildman–Crippen LogP) is 3.20. The van der Waals surface area contributed by atoms with Crippen LogP contribution in [0.15, 0.2) is 53.7 Å². The van der Waals surface area contributed by atoms with Crippen LogP contribution in [0, 0.1) is 0 Å². The van der Waals surface area contributed by atoms with Crippen LogP contribution in [-0.4, -0.2) is 43.3 Å². The van der Waals surface area contributed by atoms with Crippen LogP contribution in [0.25, 0.3) is 0 Å². The summed E-state index contributed by atoms with van der Waals surface area (Å²) in [7, 11) is 1.59. The average Bonchev–Trinajstić information content (AvgIpc) is 3.25. The van der Waals surface area contributed by atoms with E-state index in [1.807, 2.05) is 0 Å². The molecule has 9 heteroatoms. The maximum atomic E-state index is 12.7. The van der Waals surface area contributed by atoms with E-state index in [-0.39, 0.29) is 25.3 Å². The molecule has 2 aliphatic heterocycles. The lowest BCUT2D eigenvalue weighted by Crippen LogP contribution is -2.46. The molecule has 1 unspecified atom stereocenters. The number of benzene rings is 2. The molecule has 9 nitrogen and oxygen atoms in total. The molecule has 0 aliphatic carbocycles. The third-order valence-electron chi connectivity index (χ3n) is 5.36. The molecule has 166 valence electrons. The molecule has 0 fully saturated rings. The molecular weight excluding hydrogens is 414 g/mol. The maximum absolute atomic E-state index is 12.7. The Hall–Kier alpha value is -4.01. The molecule has 0 spiro atoms. The van der Waals surface area contributed by atoms with Gasteiger partial charge in [-0.15, -0.1) is 0 Å². The van der Waals surface area contributed by atoms with Gasteiger partial charge < -0.3 is 29.7 Å². The van der Waals surface area contributed by atoms with Crippen LogP contribution in [0.2, 0.25) is 0 Å². The monoisotopic (exact) mass is 437 g/mol. The van der Waals surface area contributed by atoms with Crippen molar-refractivity contribution in [1.29, 1.82) is 0 Å². The molecule has 2 aromatic carbocycles. The van der Waals surface area contributed by atoms with E-state index in [2.05, 4.69) is 10.6 Å². The molecule has 3 amide bonds. The Bertz CT molecular complexity index is 1130. The summed E-state index contributed by atoms with van der Waals surface area (Å²) in [6.45, 7) is 3.76. The minimum Gasteiger partial charge on any atom is -0.463 e. The highest BCUT2D eigenvalue weighted by Crippen LogP contribution is 2.34. The lowest BCUT2D eigenvalue weighted by atomic mass is 9.94. The summed E-state index contributed by atoms with van der Waals surface area (Å²) in [6.07, 6.45) is 0. The number of hydrogen-bond acceptors (Lipinski definition) is 6. The highest BCUT2D eigenvalue weighted by Gasteiger charge is 2.35. The molecule has 32 heavy (non-hydrogen) atoms. The molecule has 0 saturated heterocycles. The summed E-state index contributed by atoms with van der Waals surface area (Å²) in [4.78, 5) is 39.1. The second kappa shape index (κ2) is 8.62. The zero-order valence-corrected chi connectivity index (χ0v) is 17.9. The van der Waals surface area contributed by atoms with Gasteiger partial charge in [0.05, 0.1) is 18.2 Å². The van der Waals surface area contributed by atoms with Crippen LogP contribution in [0.1, 0.15) is 35.8 Å². The van der Waals surface area contributed by atoms with Crippen molar-refractivity contribution in [3.05, 3.63) is 64.9 Å². The van der Waals surface area contributed by atoms with Crippen molar-refractivity contribution in [2.75, 3.05) is 25.8 Å². The number of amides is 3. The molecule has 2 heterocycles. The van der Waals surface area contributed by atoms with E-state index in [9.17, 15) is 14.4 Å². The Morgan fingerprint density at radius 3 is 2.75 bits per heavy atom. The Kier molecular flexibility index (Phi) is 5.72. The summed E-state index contributed by atoms with van der Waals surface area (Å²) < 4.78 is 15.8. The number of anilines is 1. The van der Waals surface area contributed by atoms with E-state index < -0.39 is 12.0 Å². The van der Waals surface area contributed by atoms with Crippen molar-refractivity contribution < 1.29 is 28.6 Å². The number of carbonyl (C=O) groups is 3. The number of nitrogens with one attached hydrogen (secondary N) is 2. The van der Waals surface area contributed by atoms with Gasteiger partial charge in [-0.1, -0.05) is 12.1 Å². The summed E-state index contributed by atoms with van der Waals surface area (Å²) in [5, 5.41) is 5.67. The van der Waals surface area contributed by atoms with Gasteiger partial charge in [0, 0.05) is 24.0 Å². The molecule has 2 aliphatic rings. The number of rotatable bonds is 5. The van der Waals surface area contributed by atoms with E-state index in [0.29, 0.717) is 39.6 Å². The zero-order valence-electron chi connectivity index (χ0n) is 17.9. The second-order valence-corrected chi connectivity index (χ2v) is 7.31. The van der Waals surface area contributed by atoms with Gasteiger partial charge in [-0.3, -0.25) is 4.79 Å². The SMILES string of the molecule is CCOC(=O)C1=C(C)N(C)C(=O)NC1c1cccc(NC(=O)c2ccc3c(c2)OCO3)c1. The molecule has 1 atom stereocenters. The second-order valence-electron chi connectivity index (χ2n) is 7.31. The first kappa shape index (κ1) is 21.2. The Labute approximate surface area is 184 Å². The van der Waals surface area contributed by atoms with Gasteiger partial charge >= 0.3 is 12.0 Å². The first-order chi connectivity index (χ1) is 15.4. The van der Waals surface area contributed by atoms with Gasteiger partial charge in [0.25, 0.3) is 5.91 Å². The molecule has 4 rings (SSSR count). The Morgan fingerprint density at radius 1 is 1.19 bits per heavy atom. The van der Waals surface area contributed by atoms with Crippen LogP contribution in [0.3, 0.4) is 0 Å². The standard InChI is InChI=1S/C23H23N3O6/c1-4-30-22(28)19-13(2)26(3)23(29)25-20(19)14-6-5-7-16(10-14)24-21(27)15-8-9-17-18(11-15)32-12-31-17/h5-11,20H,4,12H2,1-3H3,(H,24,27)(H,25,29). The summed E-state index contributed by atoms with van der Waals surface area (Å²) in [5.74, 6) is 0.275. The largest absolute Gasteiger partial charge is 0.463 e. The van der Waals surface area contributed by atoms with Crippen LogP contribution in [0.5, 0.6) is 11.5 Å². The maximum Gasteiger partial charge on any atom is 0.338 e. The van der Waals surface area contributed by atoms with Crippen molar-refractivity contribution in [1.82, 2.24) is 10.2 Å². The molecule has 0 saturated carbocycles. The Morgan fingerprint density at radius 2 is 1.97 bits per heavy atom. The number of nitrogens with zero attached hydrogens (tertiary/aromatic N) is 1. The van der Waals surface area contributed by atoms with Gasteiger partial charge in [0.2, 0.25) is 6.79 Å². The van der Waals surface area contributed by atoms with Gasteiger partial charge in [-0.25, -0.2) is 9.59 Å². The van der Waals surface area contributed by atoms with Crippen molar-refractivity contribution >= 4 is 23.6 Å². The molecule has 2 aromatic rings. The van der Waals surface area contributed by atoms with Crippen molar-refractivity contribution in [3.8, 4) is 11.5 Å². The van der Waals surface area contributed by atoms with E-state index in [1.54, 1.807) is 63.4 Å². The first-order valence-electron chi connectivity index (χ1n) is 10.1. The topological polar surface area (TPSA) is 106 Å². The first-order valence-corrected chi connectivity index (χ1v) is 10.1. The van der Waals surface area contributed by atoms with Crippen molar-refractivity contribution in [3.63, 3.8) is 0 Å². The fourth-order valence-corrected chi connectivity index (χ4v) is 3.60. The minimum absolute atomic E-state index is 0.125. The normalized spacial score (nSPS) is 17.2. The molecule has 0 bridgehead atoms. The molecular formula is C23H23N3O6. The highest BCUT2D eigenvalue weighted by atomic mass is 16.7. The number of carbonyl (C=O) groups excluding carboxylic acids is 3. The minimum atomic E-state index is -0.708. The fourth-order valence-electron chi connectivity index (χ4n) is 3.60. The molecule has 2 N–H and O–H groups in total. The average molecular weight is 437 g/mol. The Balaban J connectivity index is 1.61. The van der Waals surface area contributed by atoms with Crippen LogP contribution < -0.4 is 20.1 Å². The summed E-state index contributed by atoms with van der Waals surface area (Å²) in [5.41, 5.74) is 2.41. The lowest BCUT2D eigenvalue weighted by Gasteiger charge is -2.33. The van der Waals surface area contributed by atoms with E-state index in [1.165, 1.54) is 4.90 Å². The number of ether oxygens (including phenoxy) is 3. The smallest absolute Gasteiger partial charge is 0.338 e. The van der Waals surface area contributed by atoms with Crippen LogP contribution >= 0.6 is 0 Å². The van der Waals surface area contributed by atoms with Crippen LogP contribution in [-0.2, 0) is 9.53 Å². The quantitative estimate of drug-likeness (QED) is 0.696. The van der Waals surface area contributed by atoms with Crippen LogP contribution in [0.4, 0.5) is 10.5 Å². The summed E-state index contributed by atoms with van der Waals surface area (Å²) in [6, 6.07) is 10.9. The zero-order chi connectivity index (χ0) is 22.8. The number of hydrogen-bond donors (Lipinski definition) is 2. The van der Waals surface area contributed by atoms with E-state index in [0.717, 1.165) is 0 Å². The highest BCUT2D eigenvalue weighted by molar-refractivity contribution is 6.04. The van der Waals surface area contributed by atoms with Gasteiger partial charge in [0.15, 0.2) is 11.5 Å².